The molecule has 0 radical (unpaired) electrons. The Morgan fingerprint density at radius 1 is 0.783 bits per heavy atom. The lowest BCUT2D eigenvalue weighted by molar-refractivity contribution is 0.572. The van der Waals surface area contributed by atoms with Gasteiger partial charge in [-0.2, -0.15) is 0 Å². The molecule has 0 spiro atoms. The van der Waals surface area contributed by atoms with Crippen LogP contribution in [0.15, 0.2) is 137 Å². The molecule has 0 unspecified atom stereocenters. The summed E-state index contributed by atoms with van der Waals surface area (Å²) in [6.45, 7) is 8.67. The minimum absolute atomic E-state index is 0.688. The Kier molecular flexibility index (Phi) is 6.88. The molecule has 46 heavy (non-hydrogen) atoms. The van der Waals surface area contributed by atoms with Crippen LogP contribution in [-0.2, 0) is 6.42 Å². The summed E-state index contributed by atoms with van der Waals surface area (Å²) in [5, 5.41) is 3.16. The summed E-state index contributed by atoms with van der Waals surface area (Å²) < 4.78 is 9.23. The summed E-state index contributed by atoms with van der Waals surface area (Å²) in [5.41, 5.74) is 13.6. The third kappa shape index (κ3) is 4.72. The van der Waals surface area contributed by atoms with E-state index in [9.17, 15) is 0 Å². The lowest BCUT2D eigenvalue weighted by atomic mass is 10.0. The zero-order chi connectivity index (χ0) is 31.2. The standard InChI is InChI=1S/C43H34N2O/c1-28-23-25-32(26-24-28)41(44-30(3)31-13-5-4-6-14-31)42-29(2)35-19-12-20-36(43(35)46-42)33-15-11-16-34(27-33)45-39-21-9-7-17-37(39)38-18-8-10-22-40(38)45/h4-7,9-17,19-27H,2,8,18H2,1,3H3/b42-41+,44-30?. The first-order valence-electron chi connectivity index (χ1n) is 15.9. The number of aromatic nitrogens is 1. The van der Waals surface area contributed by atoms with Crippen LogP contribution in [-0.4, -0.2) is 10.3 Å². The Morgan fingerprint density at radius 3 is 2.39 bits per heavy atom. The first-order chi connectivity index (χ1) is 22.6. The van der Waals surface area contributed by atoms with Gasteiger partial charge >= 0.3 is 0 Å². The predicted molar refractivity (Wildman–Crippen MR) is 193 cm³/mol. The third-order valence-corrected chi connectivity index (χ3v) is 9.10. The van der Waals surface area contributed by atoms with Gasteiger partial charge in [-0.3, -0.25) is 0 Å². The van der Waals surface area contributed by atoms with Gasteiger partial charge in [-0.15, -0.1) is 0 Å². The van der Waals surface area contributed by atoms with E-state index in [1.54, 1.807) is 0 Å². The zero-order valence-electron chi connectivity index (χ0n) is 26.1. The smallest absolute Gasteiger partial charge is 0.161 e. The lowest BCUT2D eigenvalue weighted by Crippen LogP contribution is -2.22. The second-order valence-corrected chi connectivity index (χ2v) is 12.1. The predicted octanol–water partition coefficient (Wildman–Crippen LogP) is 9.39. The van der Waals surface area contributed by atoms with Gasteiger partial charge in [-0.05, 0) is 67.7 Å². The van der Waals surface area contributed by atoms with Crippen molar-refractivity contribution < 1.29 is 4.42 Å². The molecule has 0 saturated heterocycles. The van der Waals surface area contributed by atoms with Crippen molar-refractivity contribution >= 4 is 45.9 Å². The fraction of sp³-hybridized carbons (Fsp3) is 0.0930. The number of rotatable bonds is 5. The first-order valence-corrected chi connectivity index (χ1v) is 15.9. The maximum atomic E-state index is 6.83. The fourth-order valence-corrected chi connectivity index (χ4v) is 6.74. The molecule has 7 aromatic rings. The van der Waals surface area contributed by atoms with Crippen LogP contribution in [0.3, 0.4) is 0 Å². The molecule has 0 saturated carbocycles. The van der Waals surface area contributed by atoms with Gasteiger partial charge < -0.3 is 8.98 Å². The molecule has 1 aliphatic rings. The van der Waals surface area contributed by atoms with Crippen molar-refractivity contribution in [3.63, 3.8) is 0 Å². The van der Waals surface area contributed by atoms with Gasteiger partial charge in [-0.25, -0.2) is 4.99 Å². The molecule has 0 aliphatic heterocycles. The van der Waals surface area contributed by atoms with Gasteiger partial charge in [0.25, 0.3) is 0 Å². The number of aliphatic imine (C=N–C) groups is 1. The Labute approximate surface area is 268 Å². The van der Waals surface area contributed by atoms with Crippen molar-refractivity contribution in [2.75, 3.05) is 0 Å². The number of para-hydroxylation sites is 2. The van der Waals surface area contributed by atoms with Gasteiger partial charge in [0.1, 0.15) is 11.3 Å². The number of hydrogen-bond acceptors (Lipinski definition) is 2. The van der Waals surface area contributed by atoms with Crippen molar-refractivity contribution in [1.29, 1.82) is 0 Å². The highest BCUT2D eigenvalue weighted by atomic mass is 16.3. The number of fused-ring (bicyclic) bond motifs is 4. The first kappa shape index (κ1) is 27.8. The second kappa shape index (κ2) is 11.4. The monoisotopic (exact) mass is 594 g/mol. The molecule has 0 N–H and O–H groups in total. The van der Waals surface area contributed by atoms with Gasteiger partial charge in [0.2, 0.25) is 0 Å². The van der Waals surface area contributed by atoms with Crippen LogP contribution in [0.5, 0.6) is 0 Å². The molecule has 0 atom stereocenters. The highest BCUT2D eigenvalue weighted by Crippen LogP contribution is 2.35. The maximum Gasteiger partial charge on any atom is 0.161 e. The summed E-state index contributed by atoms with van der Waals surface area (Å²) in [6, 6.07) is 42.6. The van der Waals surface area contributed by atoms with E-state index in [2.05, 4.69) is 133 Å². The number of furan rings is 1. The number of aryl methyl sites for hydroxylation is 2. The molecule has 5 aromatic carbocycles. The lowest BCUT2D eigenvalue weighted by Gasteiger charge is -2.13. The van der Waals surface area contributed by atoms with E-state index in [-0.39, 0.29) is 0 Å². The van der Waals surface area contributed by atoms with Gasteiger partial charge in [0.15, 0.2) is 5.42 Å². The molecule has 1 aliphatic carbocycles. The van der Waals surface area contributed by atoms with Crippen molar-refractivity contribution in [3.8, 4) is 16.8 Å². The molecule has 3 nitrogen and oxygen atoms in total. The molecular weight excluding hydrogens is 560 g/mol. The van der Waals surface area contributed by atoms with Crippen LogP contribution in [0.1, 0.15) is 41.3 Å². The molecule has 3 heteroatoms. The van der Waals surface area contributed by atoms with E-state index in [1.165, 1.54) is 27.7 Å². The SMILES string of the molecule is C=c1/c(=C(\N=C(C)c2ccccc2)c2ccc(C)cc2)oc2c(-c3cccc(-n4c5c(c6ccccc64)CCC=C5)c3)cccc12. The topological polar surface area (TPSA) is 30.4 Å². The van der Waals surface area contributed by atoms with E-state index in [1.807, 2.05) is 25.1 Å². The molecule has 222 valence electrons. The Morgan fingerprint density at radius 2 is 1.54 bits per heavy atom. The third-order valence-electron chi connectivity index (χ3n) is 9.10. The van der Waals surface area contributed by atoms with Crippen LogP contribution in [0.4, 0.5) is 0 Å². The number of nitrogens with zero attached hydrogens (tertiary/aromatic N) is 2. The number of benzene rings is 5. The van der Waals surface area contributed by atoms with Crippen molar-refractivity contribution in [3.05, 3.63) is 166 Å². The van der Waals surface area contributed by atoms with Gasteiger partial charge in [-0.1, -0.05) is 121 Å². The van der Waals surface area contributed by atoms with Crippen molar-refractivity contribution in [1.82, 2.24) is 4.57 Å². The summed E-state index contributed by atoms with van der Waals surface area (Å²) >= 11 is 0. The highest BCUT2D eigenvalue weighted by molar-refractivity contribution is 6.02. The van der Waals surface area contributed by atoms with Crippen LogP contribution >= 0.6 is 0 Å². The van der Waals surface area contributed by atoms with Crippen LogP contribution < -0.4 is 10.6 Å². The van der Waals surface area contributed by atoms with E-state index >= 15 is 0 Å². The summed E-state index contributed by atoms with van der Waals surface area (Å²) in [7, 11) is 0. The van der Waals surface area contributed by atoms with Crippen LogP contribution in [0.2, 0.25) is 0 Å². The minimum Gasteiger partial charge on any atom is -0.453 e. The molecule has 0 bridgehead atoms. The van der Waals surface area contributed by atoms with E-state index in [0.29, 0.717) is 5.42 Å². The van der Waals surface area contributed by atoms with E-state index in [0.717, 1.165) is 68.4 Å². The molecular formula is C43H34N2O. The summed E-state index contributed by atoms with van der Waals surface area (Å²) in [5.74, 6) is 0. The summed E-state index contributed by atoms with van der Waals surface area (Å²) in [6.07, 6.45) is 6.70. The zero-order valence-corrected chi connectivity index (χ0v) is 26.1. The summed E-state index contributed by atoms with van der Waals surface area (Å²) in [4.78, 5) is 5.18. The quantitative estimate of drug-likeness (QED) is 0.183. The Balaban J connectivity index is 1.34. The molecule has 0 amide bonds. The van der Waals surface area contributed by atoms with E-state index in [4.69, 9.17) is 9.41 Å². The van der Waals surface area contributed by atoms with Crippen LogP contribution in [0.25, 0.3) is 57.0 Å². The molecule has 2 aromatic heterocycles. The van der Waals surface area contributed by atoms with Gasteiger partial charge in [0.05, 0.1) is 5.52 Å². The number of allylic oxidation sites excluding steroid dienone is 1. The largest absolute Gasteiger partial charge is 0.453 e. The van der Waals surface area contributed by atoms with Crippen LogP contribution in [0, 0.1) is 6.92 Å². The maximum absolute atomic E-state index is 6.83. The minimum atomic E-state index is 0.688. The Bertz CT molecular complexity index is 2440. The molecule has 8 rings (SSSR count). The highest BCUT2D eigenvalue weighted by Gasteiger charge is 2.19. The molecule has 0 fully saturated rings. The van der Waals surface area contributed by atoms with Crippen molar-refractivity contribution in [2.24, 2.45) is 4.99 Å². The number of hydrogen-bond donors (Lipinski definition) is 0. The van der Waals surface area contributed by atoms with Gasteiger partial charge in [0, 0.05) is 44.2 Å². The average Bonchev–Trinajstić information content (AvgIpc) is 3.62. The second-order valence-electron chi connectivity index (χ2n) is 12.1. The Hall–Kier alpha value is -5.67. The average molecular weight is 595 g/mol. The van der Waals surface area contributed by atoms with Crippen molar-refractivity contribution in [2.45, 2.75) is 26.7 Å². The molecule has 2 heterocycles. The normalized spacial score (nSPS) is 13.7. The fourth-order valence-electron chi connectivity index (χ4n) is 6.74. The van der Waals surface area contributed by atoms with E-state index < -0.39 is 0 Å².